The van der Waals surface area contributed by atoms with E-state index < -0.39 is 0 Å². The van der Waals surface area contributed by atoms with Crippen molar-refractivity contribution in [2.24, 2.45) is 7.05 Å². The first-order chi connectivity index (χ1) is 7.27. The van der Waals surface area contributed by atoms with Gasteiger partial charge in [0.15, 0.2) is 0 Å². The molecule has 0 N–H and O–H groups in total. The van der Waals surface area contributed by atoms with Crippen LogP contribution in [-0.2, 0) is 19.9 Å². The van der Waals surface area contributed by atoms with Gasteiger partial charge in [-0.1, -0.05) is 11.6 Å². The molecule has 2 aromatic rings. The maximum atomic E-state index is 6.41. The Balaban J connectivity index is 2.38. The lowest BCUT2D eigenvalue weighted by Gasteiger charge is -2.16. The van der Waals surface area contributed by atoms with Crippen LogP contribution in [-0.4, -0.2) is 14.8 Å². The zero-order chi connectivity index (χ0) is 10.4. The van der Waals surface area contributed by atoms with Crippen LogP contribution in [0.1, 0.15) is 24.1 Å². The third-order valence-corrected chi connectivity index (χ3v) is 3.49. The van der Waals surface area contributed by atoms with Crippen LogP contribution in [0.25, 0.3) is 11.0 Å². The molecule has 0 fully saturated rings. The van der Waals surface area contributed by atoms with Crippen molar-refractivity contribution < 1.29 is 0 Å². The third-order valence-electron chi connectivity index (χ3n) is 3.09. The molecule has 4 heteroatoms. The average Bonchev–Trinajstić information content (AvgIpc) is 2.61. The Hall–Kier alpha value is -1.09. The molecule has 2 heterocycles. The first kappa shape index (κ1) is 9.16. The number of pyridine rings is 1. The number of aromatic nitrogens is 3. The highest BCUT2D eigenvalue weighted by atomic mass is 35.5. The van der Waals surface area contributed by atoms with Crippen LogP contribution in [0.3, 0.4) is 0 Å². The molecule has 0 bridgehead atoms. The molecule has 1 aliphatic carbocycles. The van der Waals surface area contributed by atoms with E-state index in [0.717, 1.165) is 28.9 Å². The summed E-state index contributed by atoms with van der Waals surface area (Å²) in [5, 5.41) is 5.05. The first-order valence-corrected chi connectivity index (χ1v) is 5.64. The fourth-order valence-electron chi connectivity index (χ4n) is 2.30. The summed E-state index contributed by atoms with van der Waals surface area (Å²) in [6, 6.07) is 0. The highest BCUT2D eigenvalue weighted by Crippen LogP contribution is 2.32. The number of aryl methyl sites for hydroxylation is 2. The summed E-state index contributed by atoms with van der Waals surface area (Å²) in [5.74, 6) is 0. The van der Waals surface area contributed by atoms with Gasteiger partial charge >= 0.3 is 0 Å². The number of nitrogens with zero attached hydrogens (tertiary/aromatic N) is 3. The fraction of sp³-hybridized carbons (Fsp3) is 0.455. The lowest BCUT2D eigenvalue weighted by molar-refractivity contribution is 0.670. The van der Waals surface area contributed by atoms with Crippen LogP contribution >= 0.6 is 11.6 Å². The van der Waals surface area contributed by atoms with Crippen LogP contribution in [0.4, 0.5) is 0 Å². The molecule has 0 atom stereocenters. The van der Waals surface area contributed by atoms with Crippen LogP contribution in [0.5, 0.6) is 0 Å². The van der Waals surface area contributed by atoms with Gasteiger partial charge in [0.1, 0.15) is 11.0 Å². The summed E-state index contributed by atoms with van der Waals surface area (Å²) in [6.07, 6.45) is 6.35. The lowest BCUT2D eigenvalue weighted by atomic mass is 9.96. The van der Waals surface area contributed by atoms with E-state index >= 15 is 0 Å². The molecule has 1 aliphatic rings. The van der Waals surface area contributed by atoms with E-state index in [9.17, 15) is 0 Å². The zero-order valence-electron chi connectivity index (χ0n) is 8.63. The van der Waals surface area contributed by atoms with Gasteiger partial charge in [-0.25, -0.2) is 4.98 Å². The molecule has 0 unspecified atom stereocenters. The number of hydrogen-bond acceptors (Lipinski definition) is 2. The summed E-state index contributed by atoms with van der Waals surface area (Å²) < 4.78 is 1.81. The first-order valence-electron chi connectivity index (χ1n) is 5.26. The molecule has 15 heavy (non-hydrogen) atoms. The van der Waals surface area contributed by atoms with Crippen molar-refractivity contribution in [1.29, 1.82) is 0 Å². The second-order valence-corrected chi connectivity index (χ2v) is 4.44. The van der Waals surface area contributed by atoms with E-state index in [1.807, 2.05) is 7.05 Å². The summed E-state index contributed by atoms with van der Waals surface area (Å²) in [5.41, 5.74) is 4.30. The van der Waals surface area contributed by atoms with E-state index in [1.165, 1.54) is 24.1 Å². The number of fused-ring (bicyclic) bond motifs is 2. The minimum atomic E-state index is 0.856. The van der Waals surface area contributed by atoms with Gasteiger partial charge in [-0.05, 0) is 31.2 Å². The van der Waals surface area contributed by atoms with Crippen molar-refractivity contribution in [2.75, 3.05) is 0 Å². The van der Waals surface area contributed by atoms with Gasteiger partial charge in [-0.2, -0.15) is 5.10 Å². The van der Waals surface area contributed by atoms with Crippen LogP contribution in [0.2, 0.25) is 5.02 Å². The number of rotatable bonds is 0. The molecule has 0 saturated heterocycles. The molecule has 0 radical (unpaired) electrons. The third kappa shape index (κ3) is 1.26. The Morgan fingerprint density at radius 3 is 3.00 bits per heavy atom. The normalized spacial score (nSPS) is 15.6. The smallest absolute Gasteiger partial charge is 0.110 e. The van der Waals surface area contributed by atoms with Crippen molar-refractivity contribution in [3.63, 3.8) is 0 Å². The predicted molar refractivity (Wildman–Crippen MR) is 60.2 cm³/mol. The molecule has 3 rings (SSSR count). The topological polar surface area (TPSA) is 30.7 Å². The molecule has 3 nitrogen and oxygen atoms in total. The molecule has 0 aliphatic heterocycles. The molecule has 0 saturated carbocycles. The van der Waals surface area contributed by atoms with Gasteiger partial charge in [0.2, 0.25) is 0 Å². The Morgan fingerprint density at radius 1 is 1.33 bits per heavy atom. The Labute approximate surface area is 93.1 Å². The Bertz CT molecular complexity index is 530. The van der Waals surface area contributed by atoms with Crippen molar-refractivity contribution in [3.05, 3.63) is 22.5 Å². The van der Waals surface area contributed by atoms with Crippen molar-refractivity contribution in [1.82, 2.24) is 14.8 Å². The van der Waals surface area contributed by atoms with Crippen LogP contribution in [0, 0.1) is 0 Å². The standard InChI is InChI=1S/C11H12ClN3/c1-15-11-9(6-13-15)14-8-5-3-2-4-7(8)10(11)12/h6H,2-5H2,1H3. The van der Waals surface area contributed by atoms with Gasteiger partial charge in [0.05, 0.1) is 11.2 Å². The minimum absolute atomic E-state index is 0.856. The van der Waals surface area contributed by atoms with Gasteiger partial charge in [-0.15, -0.1) is 0 Å². The molecular weight excluding hydrogens is 210 g/mol. The highest BCUT2D eigenvalue weighted by molar-refractivity contribution is 6.35. The lowest BCUT2D eigenvalue weighted by Crippen LogP contribution is -2.07. The molecule has 2 aromatic heterocycles. The van der Waals surface area contributed by atoms with E-state index in [4.69, 9.17) is 11.6 Å². The predicted octanol–water partition coefficient (Wildman–Crippen LogP) is 2.50. The largest absolute Gasteiger partial charge is 0.265 e. The van der Waals surface area contributed by atoms with E-state index in [0.29, 0.717) is 0 Å². The van der Waals surface area contributed by atoms with E-state index in [2.05, 4.69) is 10.1 Å². The van der Waals surface area contributed by atoms with Crippen molar-refractivity contribution >= 4 is 22.6 Å². The maximum absolute atomic E-state index is 6.41. The fourth-order valence-corrected chi connectivity index (χ4v) is 2.72. The van der Waals surface area contributed by atoms with Gasteiger partial charge < -0.3 is 0 Å². The zero-order valence-corrected chi connectivity index (χ0v) is 9.38. The Morgan fingerprint density at radius 2 is 2.13 bits per heavy atom. The molecule has 0 amide bonds. The summed E-state index contributed by atoms with van der Waals surface area (Å²) in [6.45, 7) is 0. The number of hydrogen-bond donors (Lipinski definition) is 0. The minimum Gasteiger partial charge on any atom is -0.265 e. The SMILES string of the molecule is Cn1ncc2nc3c(c(Cl)c21)CCCC3. The highest BCUT2D eigenvalue weighted by Gasteiger charge is 2.18. The molecule has 78 valence electrons. The van der Waals surface area contributed by atoms with Crippen LogP contribution < -0.4 is 0 Å². The van der Waals surface area contributed by atoms with Gasteiger partial charge in [0.25, 0.3) is 0 Å². The Kier molecular flexibility index (Phi) is 1.96. The van der Waals surface area contributed by atoms with Crippen molar-refractivity contribution in [3.8, 4) is 0 Å². The summed E-state index contributed by atoms with van der Waals surface area (Å²) >= 11 is 6.41. The quantitative estimate of drug-likeness (QED) is 0.685. The van der Waals surface area contributed by atoms with Gasteiger partial charge in [-0.3, -0.25) is 4.68 Å². The van der Waals surface area contributed by atoms with E-state index in [1.54, 1.807) is 10.9 Å². The van der Waals surface area contributed by atoms with Crippen molar-refractivity contribution in [2.45, 2.75) is 25.7 Å². The van der Waals surface area contributed by atoms with Gasteiger partial charge in [0, 0.05) is 12.7 Å². The molecule has 0 aromatic carbocycles. The molecular formula is C11H12ClN3. The summed E-state index contributed by atoms with van der Waals surface area (Å²) in [4.78, 5) is 4.63. The summed E-state index contributed by atoms with van der Waals surface area (Å²) in [7, 11) is 1.91. The molecule has 0 spiro atoms. The maximum Gasteiger partial charge on any atom is 0.110 e. The van der Waals surface area contributed by atoms with Crippen LogP contribution in [0.15, 0.2) is 6.20 Å². The second-order valence-electron chi connectivity index (χ2n) is 4.06. The van der Waals surface area contributed by atoms with E-state index in [-0.39, 0.29) is 0 Å². The second kappa shape index (κ2) is 3.20. The number of halogens is 1. The average molecular weight is 222 g/mol. The monoisotopic (exact) mass is 221 g/mol.